The molecule has 0 unspecified atom stereocenters. The van der Waals surface area contributed by atoms with Gasteiger partial charge in [0.1, 0.15) is 5.82 Å². The van der Waals surface area contributed by atoms with Gasteiger partial charge in [-0.3, -0.25) is 4.79 Å². The van der Waals surface area contributed by atoms with E-state index in [-0.39, 0.29) is 36.3 Å². The fourth-order valence-corrected chi connectivity index (χ4v) is 3.53. The quantitative estimate of drug-likeness (QED) is 0.785. The van der Waals surface area contributed by atoms with Gasteiger partial charge in [-0.15, -0.1) is 0 Å². The van der Waals surface area contributed by atoms with Crippen LogP contribution in [0.2, 0.25) is 5.02 Å². The number of carbonyl (C=O) groups is 1. The lowest BCUT2D eigenvalue weighted by Gasteiger charge is -2.36. The van der Waals surface area contributed by atoms with Gasteiger partial charge in [-0.25, -0.2) is 4.98 Å². The van der Waals surface area contributed by atoms with Crippen molar-refractivity contribution in [2.45, 2.75) is 25.1 Å². The molecule has 1 aliphatic rings. The summed E-state index contributed by atoms with van der Waals surface area (Å²) in [6, 6.07) is 8.08. The van der Waals surface area contributed by atoms with Crippen molar-refractivity contribution >= 4 is 23.3 Å². The van der Waals surface area contributed by atoms with Crippen LogP contribution in [0.1, 0.15) is 29.2 Å². The van der Waals surface area contributed by atoms with Gasteiger partial charge in [0.2, 0.25) is 5.91 Å². The summed E-state index contributed by atoms with van der Waals surface area (Å²) in [7, 11) is 0. The number of aromatic nitrogens is 1. The molecule has 2 N–H and O–H groups in total. The number of benzene rings is 1. The number of halogens is 4. The summed E-state index contributed by atoms with van der Waals surface area (Å²) < 4.78 is 37.9. The zero-order chi connectivity index (χ0) is 20.3. The van der Waals surface area contributed by atoms with E-state index in [0.29, 0.717) is 19.2 Å². The first kappa shape index (κ1) is 20.4. The van der Waals surface area contributed by atoms with Crippen LogP contribution in [-0.2, 0) is 17.4 Å². The first-order valence-electron chi connectivity index (χ1n) is 8.76. The number of aliphatic hydroxyl groups is 1. The Hall–Kier alpha value is -2.32. The molecule has 9 heteroatoms. The lowest BCUT2D eigenvalue weighted by Crippen LogP contribution is -2.42. The summed E-state index contributed by atoms with van der Waals surface area (Å²) in [6.07, 6.45) is -3.02. The highest BCUT2D eigenvalue weighted by Gasteiger charge is 2.32. The van der Waals surface area contributed by atoms with Crippen molar-refractivity contribution in [2.24, 2.45) is 0 Å². The van der Waals surface area contributed by atoms with E-state index in [2.05, 4.69) is 10.3 Å². The number of aliphatic hydroxyl groups excluding tert-OH is 1. The van der Waals surface area contributed by atoms with Gasteiger partial charge in [0.25, 0.3) is 0 Å². The number of pyridine rings is 1. The van der Waals surface area contributed by atoms with Gasteiger partial charge in [-0.05, 0) is 23.6 Å². The minimum atomic E-state index is -4.52. The van der Waals surface area contributed by atoms with Gasteiger partial charge in [0, 0.05) is 25.7 Å². The average Bonchev–Trinajstić information content (AvgIpc) is 2.67. The molecular formula is C19H19ClF3N3O2. The summed E-state index contributed by atoms with van der Waals surface area (Å²) in [5.41, 5.74) is 1.12. The second-order valence-electron chi connectivity index (χ2n) is 6.46. The lowest BCUT2D eigenvalue weighted by atomic mass is 9.93. The molecule has 2 aromatic rings. The molecule has 0 radical (unpaired) electrons. The third kappa shape index (κ3) is 4.39. The fraction of sp³-hybridized carbons (Fsp3) is 0.368. The molecule has 1 atom stereocenters. The molecule has 150 valence electrons. The van der Waals surface area contributed by atoms with Gasteiger partial charge < -0.3 is 15.3 Å². The number of anilines is 1. The fourth-order valence-electron chi connectivity index (χ4n) is 3.30. The summed E-state index contributed by atoms with van der Waals surface area (Å²) in [5.74, 6) is -0.0748. The van der Waals surface area contributed by atoms with E-state index in [9.17, 15) is 23.1 Å². The van der Waals surface area contributed by atoms with Crippen molar-refractivity contribution in [3.05, 3.63) is 58.2 Å². The molecule has 3 rings (SSSR count). The van der Waals surface area contributed by atoms with Crippen molar-refractivity contribution in [2.75, 3.05) is 25.0 Å². The number of fused-ring (bicyclic) bond motifs is 1. The van der Waals surface area contributed by atoms with Crippen LogP contribution >= 0.6 is 11.6 Å². The van der Waals surface area contributed by atoms with Crippen LogP contribution < -0.4 is 5.32 Å². The first-order chi connectivity index (χ1) is 13.3. The van der Waals surface area contributed by atoms with Crippen LogP contribution in [0.15, 0.2) is 36.5 Å². The SMILES string of the molecule is O=C(CCNc1ncc(C(F)(F)F)cc1Cl)N1CCc2ccccc2[C@@H]1CO. The van der Waals surface area contributed by atoms with Gasteiger partial charge in [-0.2, -0.15) is 13.2 Å². The number of nitrogens with zero attached hydrogens (tertiary/aromatic N) is 2. The number of hydrogen-bond donors (Lipinski definition) is 2. The molecule has 0 saturated heterocycles. The van der Waals surface area contributed by atoms with Crippen LogP contribution in [-0.4, -0.2) is 40.6 Å². The molecule has 0 fully saturated rings. The zero-order valence-corrected chi connectivity index (χ0v) is 15.6. The number of carbonyl (C=O) groups excluding carboxylic acids is 1. The van der Waals surface area contributed by atoms with Crippen LogP contribution in [0.4, 0.5) is 19.0 Å². The molecule has 1 amide bonds. The molecule has 1 aromatic carbocycles. The molecular weight excluding hydrogens is 395 g/mol. The van der Waals surface area contributed by atoms with E-state index in [1.54, 1.807) is 4.90 Å². The van der Waals surface area contributed by atoms with Crippen LogP contribution in [0.3, 0.4) is 0 Å². The molecule has 1 aliphatic heterocycles. The van der Waals surface area contributed by atoms with Crippen LogP contribution in [0, 0.1) is 0 Å². The largest absolute Gasteiger partial charge is 0.417 e. The van der Waals surface area contributed by atoms with Crippen LogP contribution in [0.25, 0.3) is 0 Å². The summed E-state index contributed by atoms with van der Waals surface area (Å²) in [6.45, 7) is 0.482. The summed E-state index contributed by atoms with van der Waals surface area (Å²) in [5, 5.41) is 12.4. The predicted octanol–water partition coefficient (Wildman–Crippen LogP) is 3.67. The summed E-state index contributed by atoms with van der Waals surface area (Å²) >= 11 is 5.85. The third-order valence-electron chi connectivity index (χ3n) is 4.71. The molecule has 2 heterocycles. The Bertz CT molecular complexity index is 861. The van der Waals surface area contributed by atoms with E-state index in [1.807, 2.05) is 24.3 Å². The number of nitrogens with one attached hydrogen (secondary N) is 1. The highest BCUT2D eigenvalue weighted by Crippen LogP contribution is 2.32. The van der Waals surface area contributed by atoms with Crippen molar-refractivity contribution in [1.82, 2.24) is 9.88 Å². The Morgan fingerprint density at radius 2 is 2.11 bits per heavy atom. The first-order valence-corrected chi connectivity index (χ1v) is 9.14. The average molecular weight is 414 g/mol. The van der Waals surface area contributed by atoms with Crippen LogP contribution in [0.5, 0.6) is 0 Å². The monoisotopic (exact) mass is 413 g/mol. The van der Waals surface area contributed by atoms with Crippen molar-refractivity contribution < 1.29 is 23.1 Å². The molecule has 0 aliphatic carbocycles. The maximum atomic E-state index is 12.6. The number of rotatable bonds is 5. The van der Waals surface area contributed by atoms with Gasteiger partial charge in [0.05, 0.1) is 23.2 Å². The van der Waals surface area contributed by atoms with E-state index in [4.69, 9.17) is 11.6 Å². The molecule has 0 bridgehead atoms. The maximum Gasteiger partial charge on any atom is 0.417 e. The highest BCUT2D eigenvalue weighted by molar-refractivity contribution is 6.32. The van der Waals surface area contributed by atoms with Gasteiger partial charge >= 0.3 is 6.18 Å². The standard InChI is InChI=1S/C19H19ClF3N3O2/c20-15-9-13(19(21,22)23)10-25-18(15)24-7-5-17(28)26-8-6-12-3-1-2-4-14(12)16(26)11-27/h1-4,9-10,16,27H,5-8,11H2,(H,24,25)/t16-/m0/s1. The smallest absolute Gasteiger partial charge is 0.394 e. The number of amides is 1. The maximum absolute atomic E-state index is 12.6. The minimum absolute atomic E-state index is 0.0881. The highest BCUT2D eigenvalue weighted by atomic mass is 35.5. The lowest BCUT2D eigenvalue weighted by molar-refractivity contribution is -0.138. The number of alkyl halides is 3. The summed E-state index contributed by atoms with van der Waals surface area (Å²) in [4.78, 5) is 17.9. The van der Waals surface area contributed by atoms with Crippen molar-refractivity contribution in [1.29, 1.82) is 0 Å². The Morgan fingerprint density at radius 3 is 2.79 bits per heavy atom. The molecule has 1 aromatic heterocycles. The Kier molecular flexibility index (Phi) is 6.10. The van der Waals surface area contributed by atoms with Crippen molar-refractivity contribution in [3.63, 3.8) is 0 Å². The van der Waals surface area contributed by atoms with E-state index >= 15 is 0 Å². The topological polar surface area (TPSA) is 65.5 Å². The number of hydrogen-bond acceptors (Lipinski definition) is 4. The van der Waals surface area contributed by atoms with E-state index < -0.39 is 17.8 Å². The van der Waals surface area contributed by atoms with Gasteiger partial charge in [0.15, 0.2) is 0 Å². The second kappa shape index (κ2) is 8.36. The molecule has 0 saturated carbocycles. The normalized spacial score (nSPS) is 16.6. The van der Waals surface area contributed by atoms with Crippen molar-refractivity contribution in [3.8, 4) is 0 Å². The van der Waals surface area contributed by atoms with E-state index in [1.165, 1.54) is 0 Å². The molecule has 0 spiro atoms. The molecule has 28 heavy (non-hydrogen) atoms. The van der Waals surface area contributed by atoms with Gasteiger partial charge in [-0.1, -0.05) is 35.9 Å². The molecule has 5 nitrogen and oxygen atoms in total. The Labute approximate surface area is 165 Å². The Balaban J connectivity index is 1.60. The third-order valence-corrected chi connectivity index (χ3v) is 4.99. The van der Waals surface area contributed by atoms with E-state index in [0.717, 1.165) is 17.2 Å². The predicted molar refractivity (Wildman–Crippen MR) is 99.0 cm³/mol. The second-order valence-corrected chi connectivity index (χ2v) is 6.87. The zero-order valence-electron chi connectivity index (χ0n) is 14.8. The minimum Gasteiger partial charge on any atom is -0.394 e. The Morgan fingerprint density at radius 1 is 1.36 bits per heavy atom.